The molecule has 0 aliphatic carbocycles. The number of rotatable bonds is 6. The quantitative estimate of drug-likeness (QED) is 0.831. The number of anilines is 1. The maximum absolute atomic E-state index is 12.0. The van der Waals surface area contributed by atoms with Crippen molar-refractivity contribution in [2.45, 2.75) is 39.2 Å². The number of nitrogens with two attached hydrogens (primary N) is 1. The van der Waals surface area contributed by atoms with E-state index in [2.05, 4.69) is 5.32 Å². The lowest BCUT2D eigenvalue weighted by Crippen LogP contribution is -2.21. The number of halogens is 2. The molecule has 1 aromatic rings. The van der Waals surface area contributed by atoms with E-state index in [1.165, 1.54) is 0 Å². The van der Waals surface area contributed by atoms with Crippen molar-refractivity contribution < 1.29 is 4.79 Å². The summed E-state index contributed by atoms with van der Waals surface area (Å²) in [5.74, 6) is -0.123. The van der Waals surface area contributed by atoms with Gasteiger partial charge in [-0.25, -0.2) is 0 Å². The Hall–Kier alpha value is -0.770. The lowest BCUT2D eigenvalue weighted by Gasteiger charge is -2.14. The van der Waals surface area contributed by atoms with Crippen LogP contribution in [-0.4, -0.2) is 11.9 Å². The maximum atomic E-state index is 12.0. The molecule has 0 saturated carbocycles. The second-order valence-electron chi connectivity index (χ2n) is 4.92. The fourth-order valence-electron chi connectivity index (χ4n) is 1.73. The molecule has 0 fully saturated rings. The molecule has 0 aliphatic heterocycles. The molecule has 0 spiro atoms. The molecule has 0 saturated heterocycles. The molecule has 0 radical (unpaired) electrons. The van der Waals surface area contributed by atoms with Crippen LogP contribution in [0.5, 0.6) is 0 Å². The van der Waals surface area contributed by atoms with Crippen molar-refractivity contribution >= 4 is 34.8 Å². The van der Waals surface area contributed by atoms with Crippen molar-refractivity contribution in [2.24, 2.45) is 11.7 Å². The predicted molar refractivity (Wildman–Crippen MR) is 81.8 cm³/mol. The molecule has 19 heavy (non-hydrogen) atoms. The number of benzene rings is 1. The second-order valence-corrected chi connectivity index (χ2v) is 5.77. The SMILES string of the molecule is CC(N)CCCC(C)C(=O)Nc1cc(Cl)ccc1Cl. The molecule has 2 unspecified atom stereocenters. The molecule has 3 nitrogen and oxygen atoms in total. The van der Waals surface area contributed by atoms with Crippen molar-refractivity contribution in [3.8, 4) is 0 Å². The third kappa shape index (κ3) is 5.81. The van der Waals surface area contributed by atoms with Gasteiger partial charge >= 0.3 is 0 Å². The lowest BCUT2D eigenvalue weighted by molar-refractivity contribution is -0.119. The van der Waals surface area contributed by atoms with Crippen molar-refractivity contribution in [3.05, 3.63) is 28.2 Å². The van der Waals surface area contributed by atoms with Gasteiger partial charge in [0.25, 0.3) is 0 Å². The first-order valence-corrected chi connectivity index (χ1v) is 7.17. The average molecular weight is 303 g/mol. The molecule has 2 atom stereocenters. The minimum Gasteiger partial charge on any atom is -0.328 e. The smallest absolute Gasteiger partial charge is 0.227 e. The van der Waals surface area contributed by atoms with Crippen LogP contribution in [0.2, 0.25) is 10.0 Å². The van der Waals surface area contributed by atoms with Crippen LogP contribution >= 0.6 is 23.2 Å². The Bertz CT molecular complexity index is 435. The van der Waals surface area contributed by atoms with Gasteiger partial charge in [0.05, 0.1) is 10.7 Å². The van der Waals surface area contributed by atoms with Crippen LogP contribution in [-0.2, 0) is 4.79 Å². The van der Waals surface area contributed by atoms with E-state index in [0.29, 0.717) is 15.7 Å². The van der Waals surface area contributed by atoms with E-state index >= 15 is 0 Å². The Kier molecular flexibility index (Phi) is 6.63. The van der Waals surface area contributed by atoms with Gasteiger partial charge in [0.2, 0.25) is 5.91 Å². The number of nitrogens with one attached hydrogen (secondary N) is 1. The number of amides is 1. The largest absolute Gasteiger partial charge is 0.328 e. The minimum atomic E-state index is -0.0752. The van der Waals surface area contributed by atoms with Gasteiger partial charge in [0, 0.05) is 17.0 Å². The Labute approximate surface area is 124 Å². The molecule has 0 aliphatic rings. The Morgan fingerprint density at radius 2 is 2.00 bits per heavy atom. The van der Waals surface area contributed by atoms with E-state index in [1.807, 2.05) is 13.8 Å². The first kappa shape index (κ1) is 16.3. The summed E-state index contributed by atoms with van der Waals surface area (Å²) in [7, 11) is 0. The van der Waals surface area contributed by atoms with Gasteiger partial charge in [-0.05, 0) is 38.0 Å². The maximum Gasteiger partial charge on any atom is 0.227 e. The summed E-state index contributed by atoms with van der Waals surface area (Å²) in [6, 6.07) is 5.18. The first-order chi connectivity index (χ1) is 8.90. The van der Waals surface area contributed by atoms with Gasteiger partial charge in [-0.15, -0.1) is 0 Å². The van der Waals surface area contributed by atoms with Gasteiger partial charge in [-0.3, -0.25) is 4.79 Å². The Balaban J connectivity index is 2.51. The molecule has 106 valence electrons. The van der Waals surface area contributed by atoms with E-state index in [9.17, 15) is 4.79 Å². The van der Waals surface area contributed by atoms with Crippen LogP contribution in [0, 0.1) is 5.92 Å². The summed E-state index contributed by atoms with van der Waals surface area (Å²) in [5.41, 5.74) is 6.24. The zero-order valence-corrected chi connectivity index (χ0v) is 12.8. The van der Waals surface area contributed by atoms with Gasteiger partial charge in [0.15, 0.2) is 0 Å². The second kappa shape index (κ2) is 7.73. The summed E-state index contributed by atoms with van der Waals surface area (Å²) >= 11 is 11.9. The molecule has 0 heterocycles. The fourth-order valence-corrected chi connectivity index (χ4v) is 2.06. The van der Waals surface area contributed by atoms with Crippen LogP contribution in [0.3, 0.4) is 0 Å². The molecule has 1 amide bonds. The normalized spacial score (nSPS) is 13.9. The average Bonchev–Trinajstić information content (AvgIpc) is 2.33. The van der Waals surface area contributed by atoms with E-state index in [-0.39, 0.29) is 17.9 Å². The molecular weight excluding hydrogens is 283 g/mol. The van der Waals surface area contributed by atoms with E-state index in [1.54, 1.807) is 18.2 Å². The summed E-state index contributed by atoms with van der Waals surface area (Å²) < 4.78 is 0. The van der Waals surface area contributed by atoms with E-state index in [4.69, 9.17) is 28.9 Å². The molecule has 1 aromatic carbocycles. The summed E-state index contributed by atoms with van der Waals surface area (Å²) in [6.07, 6.45) is 2.68. The van der Waals surface area contributed by atoms with Crippen LogP contribution < -0.4 is 11.1 Å². The van der Waals surface area contributed by atoms with Crippen LogP contribution in [0.15, 0.2) is 18.2 Å². The van der Waals surface area contributed by atoms with Crippen LogP contribution in [0.1, 0.15) is 33.1 Å². The standard InChI is InChI=1S/C14H20Cl2N2O/c1-9(4-3-5-10(2)17)14(19)18-13-8-11(15)6-7-12(13)16/h6-10H,3-5,17H2,1-2H3,(H,18,19). The molecular formula is C14H20Cl2N2O. The van der Waals surface area contributed by atoms with E-state index in [0.717, 1.165) is 19.3 Å². The third-order valence-electron chi connectivity index (χ3n) is 2.93. The topological polar surface area (TPSA) is 55.1 Å². The molecule has 5 heteroatoms. The van der Waals surface area contributed by atoms with E-state index < -0.39 is 0 Å². The van der Waals surface area contributed by atoms with Gasteiger partial charge in [-0.1, -0.05) is 36.5 Å². The molecule has 0 bridgehead atoms. The van der Waals surface area contributed by atoms with Crippen LogP contribution in [0.25, 0.3) is 0 Å². The zero-order valence-electron chi connectivity index (χ0n) is 11.2. The Morgan fingerprint density at radius 1 is 1.32 bits per heavy atom. The van der Waals surface area contributed by atoms with Crippen molar-refractivity contribution in [1.29, 1.82) is 0 Å². The Morgan fingerprint density at radius 3 is 2.63 bits per heavy atom. The zero-order chi connectivity index (χ0) is 14.4. The monoisotopic (exact) mass is 302 g/mol. The van der Waals surface area contributed by atoms with Crippen molar-refractivity contribution in [1.82, 2.24) is 0 Å². The minimum absolute atomic E-state index is 0.0474. The fraction of sp³-hybridized carbons (Fsp3) is 0.500. The summed E-state index contributed by atoms with van der Waals surface area (Å²) in [6.45, 7) is 3.87. The number of hydrogen-bond donors (Lipinski definition) is 2. The van der Waals surface area contributed by atoms with Gasteiger partial charge < -0.3 is 11.1 Å². The molecule has 3 N–H and O–H groups in total. The highest BCUT2D eigenvalue weighted by molar-refractivity contribution is 6.35. The molecule has 0 aromatic heterocycles. The highest BCUT2D eigenvalue weighted by atomic mass is 35.5. The number of carbonyl (C=O) groups excluding carboxylic acids is 1. The van der Waals surface area contributed by atoms with Crippen molar-refractivity contribution in [3.63, 3.8) is 0 Å². The summed E-state index contributed by atoms with van der Waals surface area (Å²) in [5, 5.41) is 3.83. The lowest BCUT2D eigenvalue weighted by atomic mass is 10.0. The van der Waals surface area contributed by atoms with Crippen molar-refractivity contribution in [2.75, 3.05) is 5.32 Å². The van der Waals surface area contributed by atoms with Gasteiger partial charge in [0.1, 0.15) is 0 Å². The number of carbonyl (C=O) groups is 1. The highest BCUT2D eigenvalue weighted by Crippen LogP contribution is 2.26. The third-order valence-corrected chi connectivity index (χ3v) is 3.50. The van der Waals surface area contributed by atoms with Crippen LogP contribution in [0.4, 0.5) is 5.69 Å². The first-order valence-electron chi connectivity index (χ1n) is 6.41. The molecule has 1 rings (SSSR count). The highest BCUT2D eigenvalue weighted by Gasteiger charge is 2.14. The number of hydrogen-bond acceptors (Lipinski definition) is 2. The predicted octanol–water partition coefficient (Wildman–Crippen LogP) is 4.09. The summed E-state index contributed by atoms with van der Waals surface area (Å²) in [4.78, 5) is 12.0. The van der Waals surface area contributed by atoms with Gasteiger partial charge in [-0.2, -0.15) is 0 Å².